The van der Waals surface area contributed by atoms with E-state index in [1.165, 1.54) is 5.56 Å². The summed E-state index contributed by atoms with van der Waals surface area (Å²) in [7, 11) is 5.88. The number of nitrogens with one attached hydrogen (secondary N) is 2. The van der Waals surface area contributed by atoms with Crippen molar-refractivity contribution in [3.8, 4) is 11.5 Å². The lowest BCUT2D eigenvalue weighted by Gasteiger charge is -2.11. The molecule has 1 amide bonds. The van der Waals surface area contributed by atoms with E-state index in [-0.39, 0.29) is 5.91 Å². The van der Waals surface area contributed by atoms with Crippen LogP contribution in [0.15, 0.2) is 60.8 Å². The van der Waals surface area contributed by atoms with E-state index in [1.807, 2.05) is 60.9 Å². The number of imidazole rings is 1. The molecular formula is C25H28N6O2. The van der Waals surface area contributed by atoms with E-state index >= 15 is 0 Å². The number of carbonyl (C=O) groups is 1. The Morgan fingerprint density at radius 1 is 1.06 bits per heavy atom. The molecule has 0 aliphatic carbocycles. The highest BCUT2D eigenvalue weighted by Crippen LogP contribution is 2.28. The van der Waals surface area contributed by atoms with Crippen molar-refractivity contribution in [1.82, 2.24) is 24.8 Å². The summed E-state index contributed by atoms with van der Waals surface area (Å²) in [6, 6.07) is 17.3. The van der Waals surface area contributed by atoms with E-state index in [0.29, 0.717) is 23.7 Å². The number of nitrogens with zero attached hydrogens (tertiary/aromatic N) is 4. The average Bonchev–Trinajstić information content (AvgIpc) is 3.09. The smallest absolute Gasteiger partial charge is 0.270 e. The van der Waals surface area contributed by atoms with E-state index < -0.39 is 0 Å². The predicted molar refractivity (Wildman–Crippen MR) is 130 cm³/mol. The molecule has 0 radical (unpaired) electrons. The van der Waals surface area contributed by atoms with Crippen LogP contribution in [-0.4, -0.2) is 52.5 Å². The Labute approximate surface area is 193 Å². The SMILES string of the molecule is Cc1ccc(Nc2nc3cc(Oc4ccnc(C(=O)NCCN(C)C)c4)ccc3n2C)cc1. The molecule has 4 aromatic rings. The van der Waals surface area contributed by atoms with Crippen molar-refractivity contribution in [2.75, 3.05) is 32.5 Å². The van der Waals surface area contributed by atoms with E-state index in [9.17, 15) is 4.79 Å². The van der Waals surface area contributed by atoms with Crippen molar-refractivity contribution < 1.29 is 9.53 Å². The third kappa shape index (κ3) is 5.48. The number of ether oxygens (including phenoxy) is 1. The molecule has 0 atom stereocenters. The van der Waals surface area contributed by atoms with Gasteiger partial charge in [0, 0.05) is 44.2 Å². The standard InChI is InChI=1S/C25H28N6O2/c1-17-5-7-18(8-6-17)28-25-29-21-15-19(9-10-23(21)31(25)4)33-20-11-12-26-22(16-20)24(32)27-13-14-30(2)3/h5-12,15-16H,13-14H2,1-4H3,(H,27,32)(H,28,29). The van der Waals surface area contributed by atoms with Crippen LogP contribution in [0, 0.1) is 6.92 Å². The van der Waals surface area contributed by atoms with Gasteiger partial charge in [-0.2, -0.15) is 0 Å². The number of likely N-dealkylation sites (N-methyl/N-ethyl adjacent to an activating group) is 1. The molecule has 2 N–H and O–H groups in total. The Hall–Kier alpha value is -3.91. The molecule has 0 aliphatic rings. The van der Waals surface area contributed by atoms with Gasteiger partial charge in [-0.1, -0.05) is 17.7 Å². The van der Waals surface area contributed by atoms with Crippen molar-refractivity contribution in [3.05, 3.63) is 72.1 Å². The zero-order valence-electron chi connectivity index (χ0n) is 19.3. The van der Waals surface area contributed by atoms with Crippen molar-refractivity contribution in [1.29, 1.82) is 0 Å². The van der Waals surface area contributed by atoms with Gasteiger partial charge in [0.15, 0.2) is 0 Å². The van der Waals surface area contributed by atoms with Gasteiger partial charge in [0.05, 0.1) is 11.0 Å². The number of aromatic nitrogens is 3. The Morgan fingerprint density at radius 2 is 1.82 bits per heavy atom. The molecule has 0 saturated heterocycles. The van der Waals surface area contributed by atoms with Gasteiger partial charge in [-0.3, -0.25) is 9.78 Å². The van der Waals surface area contributed by atoms with Crippen molar-refractivity contribution >= 4 is 28.6 Å². The molecule has 0 unspecified atom stereocenters. The number of pyridine rings is 1. The maximum atomic E-state index is 12.3. The summed E-state index contributed by atoms with van der Waals surface area (Å²) < 4.78 is 8.00. The Kier molecular flexibility index (Phi) is 6.55. The van der Waals surface area contributed by atoms with Gasteiger partial charge in [-0.05, 0) is 51.4 Å². The van der Waals surface area contributed by atoms with E-state index in [0.717, 1.165) is 29.2 Å². The number of carbonyl (C=O) groups excluding carboxylic acids is 1. The number of hydrogen-bond acceptors (Lipinski definition) is 6. The Balaban J connectivity index is 1.49. The number of hydrogen-bond donors (Lipinski definition) is 2. The third-order valence-corrected chi connectivity index (χ3v) is 5.20. The van der Waals surface area contributed by atoms with Crippen molar-refractivity contribution in [2.45, 2.75) is 6.92 Å². The number of aryl methyl sites for hydroxylation is 2. The van der Waals surface area contributed by atoms with Crippen molar-refractivity contribution in [3.63, 3.8) is 0 Å². The quantitative estimate of drug-likeness (QED) is 0.426. The first-order chi connectivity index (χ1) is 15.9. The van der Waals surface area contributed by atoms with Gasteiger partial charge in [-0.25, -0.2) is 4.98 Å². The molecule has 8 nitrogen and oxygen atoms in total. The fraction of sp³-hybridized carbons (Fsp3) is 0.240. The number of rotatable bonds is 8. The molecule has 2 aromatic carbocycles. The van der Waals surface area contributed by atoms with Gasteiger partial charge in [0.1, 0.15) is 17.2 Å². The predicted octanol–water partition coefficient (Wildman–Crippen LogP) is 4.10. The number of fused-ring (bicyclic) bond motifs is 1. The number of amides is 1. The molecule has 0 fully saturated rings. The highest BCUT2D eigenvalue weighted by Gasteiger charge is 2.12. The first-order valence-corrected chi connectivity index (χ1v) is 10.8. The summed E-state index contributed by atoms with van der Waals surface area (Å²) in [6.07, 6.45) is 1.57. The summed E-state index contributed by atoms with van der Waals surface area (Å²) in [5.74, 6) is 1.68. The molecule has 8 heteroatoms. The second-order valence-electron chi connectivity index (χ2n) is 8.17. The topological polar surface area (TPSA) is 84.3 Å². The monoisotopic (exact) mass is 444 g/mol. The second-order valence-corrected chi connectivity index (χ2v) is 8.17. The zero-order chi connectivity index (χ0) is 23.4. The molecule has 170 valence electrons. The lowest BCUT2D eigenvalue weighted by Crippen LogP contribution is -2.31. The van der Waals surface area contributed by atoms with Crippen LogP contribution in [0.25, 0.3) is 11.0 Å². The average molecular weight is 445 g/mol. The van der Waals surface area contributed by atoms with Gasteiger partial charge in [0.2, 0.25) is 5.95 Å². The van der Waals surface area contributed by atoms with Crippen molar-refractivity contribution in [2.24, 2.45) is 7.05 Å². The number of benzene rings is 2. The second kappa shape index (κ2) is 9.70. The molecular weight excluding hydrogens is 416 g/mol. The molecule has 0 aliphatic heterocycles. The van der Waals surface area contributed by atoms with E-state index in [4.69, 9.17) is 9.72 Å². The fourth-order valence-corrected chi connectivity index (χ4v) is 3.34. The molecule has 0 bridgehead atoms. The maximum absolute atomic E-state index is 12.3. The molecule has 0 spiro atoms. The zero-order valence-corrected chi connectivity index (χ0v) is 19.3. The highest BCUT2D eigenvalue weighted by molar-refractivity contribution is 5.92. The van der Waals surface area contributed by atoms with Gasteiger partial charge < -0.3 is 24.8 Å². The fourth-order valence-electron chi connectivity index (χ4n) is 3.34. The van der Waals surface area contributed by atoms with Crippen LogP contribution in [0.5, 0.6) is 11.5 Å². The number of anilines is 2. The summed E-state index contributed by atoms with van der Waals surface area (Å²) in [5.41, 5.74) is 4.28. The van der Waals surface area contributed by atoms with Crippen LogP contribution in [0.1, 0.15) is 16.1 Å². The minimum Gasteiger partial charge on any atom is -0.457 e. The lowest BCUT2D eigenvalue weighted by molar-refractivity contribution is 0.0945. The summed E-state index contributed by atoms with van der Waals surface area (Å²) in [4.78, 5) is 23.2. The van der Waals surface area contributed by atoms with Crippen LogP contribution in [0.3, 0.4) is 0 Å². The minimum atomic E-state index is -0.227. The normalized spacial score (nSPS) is 11.1. The van der Waals surface area contributed by atoms with Crippen LogP contribution in [0.4, 0.5) is 11.6 Å². The lowest BCUT2D eigenvalue weighted by atomic mass is 10.2. The molecule has 2 heterocycles. The molecule has 4 rings (SSSR count). The Bertz CT molecular complexity index is 1260. The van der Waals surface area contributed by atoms with Gasteiger partial charge in [-0.15, -0.1) is 0 Å². The van der Waals surface area contributed by atoms with Crippen LogP contribution in [-0.2, 0) is 7.05 Å². The molecule has 0 saturated carbocycles. The minimum absolute atomic E-state index is 0.227. The van der Waals surface area contributed by atoms with Gasteiger partial charge >= 0.3 is 0 Å². The molecule has 2 aromatic heterocycles. The van der Waals surface area contributed by atoms with Crippen LogP contribution in [0.2, 0.25) is 0 Å². The van der Waals surface area contributed by atoms with Crippen LogP contribution >= 0.6 is 0 Å². The summed E-state index contributed by atoms with van der Waals surface area (Å²) in [6.45, 7) is 3.37. The molecule has 33 heavy (non-hydrogen) atoms. The van der Waals surface area contributed by atoms with E-state index in [1.54, 1.807) is 18.3 Å². The summed E-state index contributed by atoms with van der Waals surface area (Å²) in [5, 5.41) is 6.22. The largest absolute Gasteiger partial charge is 0.457 e. The summed E-state index contributed by atoms with van der Waals surface area (Å²) >= 11 is 0. The van der Waals surface area contributed by atoms with Crippen LogP contribution < -0.4 is 15.4 Å². The highest BCUT2D eigenvalue weighted by atomic mass is 16.5. The maximum Gasteiger partial charge on any atom is 0.270 e. The van der Waals surface area contributed by atoms with E-state index in [2.05, 4.69) is 34.7 Å². The Morgan fingerprint density at radius 3 is 2.58 bits per heavy atom. The third-order valence-electron chi connectivity index (χ3n) is 5.20. The first kappa shape index (κ1) is 22.3. The first-order valence-electron chi connectivity index (χ1n) is 10.8. The van der Waals surface area contributed by atoms with Gasteiger partial charge in [0.25, 0.3) is 5.91 Å².